The van der Waals surface area contributed by atoms with Crippen LogP contribution in [0.5, 0.6) is 0 Å². The molecule has 0 amide bonds. The van der Waals surface area contributed by atoms with E-state index in [0.717, 1.165) is 25.1 Å². The number of hydrogen-bond acceptors (Lipinski definition) is 2. The third-order valence-corrected chi connectivity index (χ3v) is 4.17. The molecule has 0 aliphatic carbocycles. The second-order valence-corrected chi connectivity index (χ2v) is 6.50. The molecule has 1 fully saturated rings. The summed E-state index contributed by atoms with van der Waals surface area (Å²) < 4.78 is 13.9. The van der Waals surface area contributed by atoms with Crippen molar-refractivity contribution in [1.82, 2.24) is 4.90 Å². The SMILES string of the molecule is Cc1ccc(C2C(N)CCCCN2CC(C)C)cc1F. The number of rotatable bonds is 3. The van der Waals surface area contributed by atoms with Gasteiger partial charge < -0.3 is 5.73 Å². The minimum Gasteiger partial charge on any atom is -0.326 e. The summed E-state index contributed by atoms with van der Waals surface area (Å²) in [5, 5.41) is 0. The Balaban J connectivity index is 2.31. The normalized spacial score (nSPS) is 24.9. The molecule has 1 aromatic carbocycles. The van der Waals surface area contributed by atoms with Gasteiger partial charge in [0.25, 0.3) is 0 Å². The van der Waals surface area contributed by atoms with Gasteiger partial charge in [-0.3, -0.25) is 4.90 Å². The van der Waals surface area contributed by atoms with Crippen molar-refractivity contribution >= 4 is 0 Å². The summed E-state index contributed by atoms with van der Waals surface area (Å²) >= 11 is 0. The molecule has 2 rings (SSSR count). The van der Waals surface area contributed by atoms with Crippen molar-refractivity contribution in [3.8, 4) is 0 Å². The van der Waals surface area contributed by atoms with E-state index in [4.69, 9.17) is 5.73 Å². The zero-order valence-corrected chi connectivity index (χ0v) is 12.9. The number of aryl methyl sites for hydroxylation is 1. The summed E-state index contributed by atoms with van der Waals surface area (Å²) in [5.74, 6) is 0.474. The number of benzene rings is 1. The van der Waals surface area contributed by atoms with Crippen LogP contribution < -0.4 is 5.73 Å². The van der Waals surface area contributed by atoms with E-state index in [9.17, 15) is 4.39 Å². The Labute approximate surface area is 122 Å². The maximum Gasteiger partial charge on any atom is 0.126 e. The highest BCUT2D eigenvalue weighted by Crippen LogP contribution is 2.31. The third kappa shape index (κ3) is 3.58. The van der Waals surface area contributed by atoms with Crippen LogP contribution in [0.1, 0.15) is 50.3 Å². The Kier molecular flexibility index (Phi) is 5.17. The molecule has 1 aromatic rings. The van der Waals surface area contributed by atoms with Crippen LogP contribution in [0.2, 0.25) is 0 Å². The molecular formula is C17H27FN2. The van der Waals surface area contributed by atoms with Gasteiger partial charge in [-0.1, -0.05) is 32.4 Å². The molecule has 112 valence electrons. The lowest BCUT2D eigenvalue weighted by Gasteiger charge is -2.35. The summed E-state index contributed by atoms with van der Waals surface area (Å²) in [4.78, 5) is 2.45. The molecule has 20 heavy (non-hydrogen) atoms. The second-order valence-electron chi connectivity index (χ2n) is 6.50. The van der Waals surface area contributed by atoms with Gasteiger partial charge in [0.05, 0.1) is 0 Å². The lowest BCUT2D eigenvalue weighted by atomic mass is 9.95. The Hall–Kier alpha value is -0.930. The minimum absolute atomic E-state index is 0.0957. The van der Waals surface area contributed by atoms with Crippen LogP contribution in [0.4, 0.5) is 4.39 Å². The van der Waals surface area contributed by atoms with Gasteiger partial charge in [0.15, 0.2) is 0 Å². The fourth-order valence-corrected chi connectivity index (χ4v) is 3.19. The lowest BCUT2D eigenvalue weighted by Crippen LogP contribution is -2.41. The van der Waals surface area contributed by atoms with Crippen LogP contribution >= 0.6 is 0 Å². The van der Waals surface area contributed by atoms with E-state index in [2.05, 4.69) is 18.7 Å². The van der Waals surface area contributed by atoms with Crippen LogP contribution in [-0.2, 0) is 0 Å². The Bertz CT molecular complexity index is 445. The molecule has 2 nitrogen and oxygen atoms in total. The van der Waals surface area contributed by atoms with E-state index in [1.165, 1.54) is 12.8 Å². The number of nitrogens with zero attached hydrogens (tertiary/aromatic N) is 1. The standard InChI is InChI=1S/C17H27FN2/c1-12(2)11-20-9-5-4-6-16(19)17(20)14-8-7-13(3)15(18)10-14/h7-8,10,12,16-17H,4-6,9,11,19H2,1-3H3. The summed E-state index contributed by atoms with van der Waals surface area (Å²) in [6, 6.07) is 5.84. The van der Waals surface area contributed by atoms with Crippen molar-refractivity contribution < 1.29 is 4.39 Å². The van der Waals surface area contributed by atoms with Crippen LogP contribution in [0.15, 0.2) is 18.2 Å². The zero-order chi connectivity index (χ0) is 14.7. The van der Waals surface area contributed by atoms with Crippen LogP contribution in [-0.4, -0.2) is 24.0 Å². The molecule has 0 saturated carbocycles. The first kappa shape index (κ1) is 15.5. The molecule has 0 aromatic heterocycles. The average molecular weight is 278 g/mol. The van der Waals surface area contributed by atoms with Crippen LogP contribution in [0.3, 0.4) is 0 Å². The van der Waals surface area contributed by atoms with Crippen molar-refractivity contribution in [2.45, 2.75) is 52.1 Å². The van der Waals surface area contributed by atoms with E-state index in [-0.39, 0.29) is 17.9 Å². The summed E-state index contributed by atoms with van der Waals surface area (Å²) in [7, 11) is 0. The smallest absolute Gasteiger partial charge is 0.126 e. The molecule has 0 bridgehead atoms. The van der Waals surface area contributed by atoms with Gasteiger partial charge in [-0.2, -0.15) is 0 Å². The number of likely N-dealkylation sites (tertiary alicyclic amines) is 1. The van der Waals surface area contributed by atoms with Crippen molar-refractivity contribution in [3.05, 3.63) is 35.1 Å². The van der Waals surface area contributed by atoms with Gasteiger partial charge in [0, 0.05) is 18.6 Å². The van der Waals surface area contributed by atoms with Gasteiger partial charge in [-0.25, -0.2) is 4.39 Å². The average Bonchev–Trinajstić information content (AvgIpc) is 2.54. The molecule has 1 heterocycles. The minimum atomic E-state index is -0.122. The Morgan fingerprint density at radius 1 is 1.35 bits per heavy atom. The molecule has 2 unspecified atom stereocenters. The monoisotopic (exact) mass is 278 g/mol. The quantitative estimate of drug-likeness (QED) is 0.914. The van der Waals surface area contributed by atoms with Gasteiger partial charge >= 0.3 is 0 Å². The largest absolute Gasteiger partial charge is 0.326 e. The molecule has 3 heteroatoms. The summed E-state index contributed by atoms with van der Waals surface area (Å²) in [6.45, 7) is 8.34. The zero-order valence-electron chi connectivity index (χ0n) is 12.9. The highest BCUT2D eigenvalue weighted by atomic mass is 19.1. The van der Waals surface area contributed by atoms with E-state index in [0.29, 0.717) is 11.5 Å². The molecule has 0 radical (unpaired) electrons. The third-order valence-electron chi connectivity index (χ3n) is 4.17. The number of nitrogens with two attached hydrogens (primary N) is 1. The summed E-state index contributed by atoms with van der Waals surface area (Å²) in [6.07, 6.45) is 3.38. The molecule has 1 aliphatic heterocycles. The molecule has 2 atom stereocenters. The maximum absolute atomic E-state index is 13.9. The van der Waals surface area contributed by atoms with Crippen molar-refractivity contribution in [1.29, 1.82) is 0 Å². The van der Waals surface area contributed by atoms with Gasteiger partial charge in [0.2, 0.25) is 0 Å². The predicted molar refractivity (Wildman–Crippen MR) is 82.1 cm³/mol. The predicted octanol–water partition coefficient (Wildman–Crippen LogP) is 3.64. The first-order valence-electron chi connectivity index (χ1n) is 7.74. The Morgan fingerprint density at radius 2 is 2.10 bits per heavy atom. The fourth-order valence-electron chi connectivity index (χ4n) is 3.19. The number of hydrogen-bond donors (Lipinski definition) is 1. The van der Waals surface area contributed by atoms with Gasteiger partial charge in [0.1, 0.15) is 5.82 Å². The van der Waals surface area contributed by atoms with E-state index < -0.39 is 0 Å². The molecule has 1 aliphatic rings. The highest BCUT2D eigenvalue weighted by molar-refractivity contribution is 5.27. The Morgan fingerprint density at radius 3 is 2.75 bits per heavy atom. The first-order chi connectivity index (χ1) is 9.49. The lowest BCUT2D eigenvalue weighted by molar-refractivity contribution is 0.165. The van der Waals surface area contributed by atoms with Crippen molar-refractivity contribution in [2.24, 2.45) is 11.7 Å². The summed E-state index contributed by atoms with van der Waals surface area (Å²) in [5.41, 5.74) is 8.13. The fraction of sp³-hybridized carbons (Fsp3) is 0.647. The van der Waals surface area contributed by atoms with Crippen molar-refractivity contribution in [3.63, 3.8) is 0 Å². The number of halogens is 1. The molecular weight excluding hydrogens is 251 g/mol. The van der Waals surface area contributed by atoms with Gasteiger partial charge in [-0.05, 0) is 49.4 Å². The molecule has 0 spiro atoms. The van der Waals surface area contributed by atoms with E-state index in [1.807, 2.05) is 12.1 Å². The van der Waals surface area contributed by atoms with Crippen LogP contribution in [0.25, 0.3) is 0 Å². The van der Waals surface area contributed by atoms with E-state index >= 15 is 0 Å². The first-order valence-corrected chi connectivity index (χ1v) is 7.74. The second kappa shape index (κ2) is 6.68. The maximum atomic E-state index is 13.9. The van der Waals surface area contributed by atoms with Crippen LogP contribution in [0, 0.1) is 18.7 Å². The molecule has 2 N–H and O–H groups in total. The van der Waals surface area contributed by atoms with E-state index in [1.54, 1.807) is 13.0 Å². The highest BCUT2D eigenvalue weighted by Gasteiger charge is 2.29. The van der Waals surface area contributed by atoms with Crippen molar-refractivity contribution in [2.75, 3.05) is 13.1 Å². The van der Waals surface area contributed by atoms with Gasteiger partial charge in [-0.15, -0.1) is 0 Å². The molecule has 1 saturated heterocycles. The topological polar surface area (TPSA) is 29.3 Å².